The molecule has 1 aromatic carbocycles. The Morgan fingerprint density at radius 3 is 2.75 bits per heavy atom. The summed E-state index contributed by atoms with van der Waals surface area (Å²) in [5.74, 6) is -0.953. The highest BCUT2D eigenvalue weighted by molar-refractivity contribution is 5.94. The van der Waals surface area contributed by atoms with Gasteiger partial charge >= 0.3 is 0 Å². The molecular formula is C9H6FNO. The Hall–Kier alpha value is -1.69. The highest BCUT2D eigenvalue weighted by Crippen LogP contribution is 2.10. The zero-order valence-electron chi connectivity index (χ0n) is 6.47. The van der Waals surface area contributed by atoms with Gasteiger partial charge in [0, 0.05) is 0 Å². The molecule has 0 fully saturated rings. The number of nitriles is 1. The van der Waals surface area contributed by atoms with Crippen LogP contribution in [0, 0.1) is 17.1 Å². The fraction of sp³-hybridized carbons (Fsp3) is 0.111. The second-order valence-electron chi connectivity index (χ2n) is 2.36. The summed E-state index contributed by atoms with van der Waals surface area (Å²) >= 11 is 0. The molecule has 12 heavy (non-hydrogen) atoms. The quantitative estimate of drug-likeness (QED) is 0.593. The van der Waals surface area contributed by atoms with Crippen molar-refractivity contribution in [3.05, 3.63) is 35.1 Å². The van der Waals surface area contributed by atoms with Crippen molar-refractivity contribution < 1.29 is 9.18 Å². The zero-order chi connectivity index (χ0) is 9.14. The number of Topliss-reactive ketones (excluding diaryl/α,β-unsaturated/α-hetero) is 1. The van der Waals surface area contributed by atoms with Gasteiger partial charge in [-0.25, -0.2) is 4.39 Å². The summed E-state index contributed by atoms with van der Waals surface area (Å²) < 4.78 is 12.8. The summed E-state index contributed by atoms with van der Waals surface area (Å²) in [5, 5.41) is 8.45. The van der Waals surface area contributed by atoms with Gasteiger partial charge in [0.1, 0.15) is 5.82 Å². The fourth-order valence-corrected chi connectivity index (χ4v) is 0.865. The van der Waals surface area contributed by atoms with Crippen LogP contribution in [0.3, 0.4) is 0 Å². The second kappa shape index (κ2) is 3.14. The van der Waals surface area contributed by atoms with Crippen LogP contribution in [0.25, 0.3) is 0 Å². The van der Waals surface area contributed by atoms with E-state index in [-0.39, 0.29) is 11.3 Å². The van der Waals surface area contributed by atoms with Gasteiger partial charge in [0.25, 0.3) is 0 Å². The normalized spacial score (nSPS) is 9.08. The Labute approximate surface area is 69.2 Å². The van der Waals surface area contributed by atoms with Gasteiger partial charge in [-0.3, -0.25) is 4.79 Å². The highest BCUT2D eigenvalue weighted by Gasteiger charge is 2.06. The summed E-state index contributed by atoms with van der Waals surface area (Å²) in [6.07, 6.45) is 0. The summed E-state index contributed by atoms with van der Waals surface area (Å²) in [6, 6.07) is 5.53. The van der Waals surface area contributed by atoms with E-state index >= 15 is 0 Å². The molecule has 0 atom stereocenters. The summed E-state index contributed by atoms with van der Waals surface area (Å²) in [6.45, 7) is 1.26. The van der Waals surface area contributed by atoms with E-state index in [4.69, 9.17) is 5.26 Å². The van der Waals surface area contributed by atoms with E-state index < -0.39 is 5.82 Å². The minimum Gasteiger partial charge on any atom is -0.294 e. The molecule has 0 spiro atoms. The number of benzene rings is 1. The molecule has 1 aromatic rings. The predicted octanol–water partition coefficient (Wildman–Crippen LogP) is 1.90. The number of hydrogen-bond donors (Lipinski definition) is 0. The van der Waals surface area contributed by atoms with Gasteiger partial charge in [-0.1, -0.05) is 0 Å². The number of nitrogens with zero attached hydrogens (tertiary/aromatic N) is 1. The van der Waals surface area contributed by atoms with Gasteiger partial charge in [0.2, 0.25) is 0 Å². The van der Waals surface area contributed by atoms with Crippen molar-refractivity contribution in [2.45, 2.75) is 6.92 Å². The lowest BCUT2D eigenvalue weighted by Crippen LogP contribution is -1.97. The minimum atomic E-state index is -0.582. The van der Waals surface area contributed by atoms with Crippen LogP contribution in [-0.2, 0) is 0 Å². The fourth-order valence-electron chi connectivity index (χ4n) is 0.865. The molecule has 0 bridgehead atoms. The number of halogens is 1. The van der Waals surface area contributed by atoms with E-state index in [1.807, 2.05) is 6.07 Å². The van der Waals surface area contributed by atoms with Crippen LogP contribution in [-0.4, -0.2) is 5.78 Å². The van der Waals surface area contributed by atoms with Gasteiger partial charge in [-0.2, -0.15) is 5.26 Å². The topological polar surface area (TPSA) is 40.9 Å². The minimum absolute atomic E-state index is 0.0333. The summed E-state index contributed by atoms with van der Waals surface area (Å²) in [5.41, 5.74) is 0.260. The molecule has 3 heteroatoms. The average Bonchev–Trinajstić information content (AvgIpc) is 2.05. The third-order valence-corrected chi connectivity index (χ3v) is 1.47. The van der Waals surface area contributed by atoms with E-state index in [1.54, 1.807) is 0 Å². The van der Waals surface area contributed by atoms with Crippen molar-refractivity contribution >= 4 is 5.78 Å². The predicted molar refractivity (Wildman–Crippen MR) is 41.1 cm³/mol. The number of rotatable bonds is 1. The van der Waals surface area contributed by atoms with Crippen LogP contribution in [0.15, 0.2) is 18.2 Å². The molecule has 0 heterocycles. The molecule has 0 unspecified atom stereocenters. The summed E-state index contributed by atoms with van der Waals surface area (Å²) in [7, 11) is 0. The molecule has 0 radical (unpaired) electrons. The van der Waals surface area contributed by atoms with Gasteiger partial charge in [-0.05, 0) is 25.1 Å². The maximum atomic E-state index is 12.8. The molecule has 0 saturated heterocycles. The first kappa shape index (κ1) is 8.41. The molecule has 0 aliphatic heterocycles. The Bertz CT molecular complexity index is 365. The monoisotopic (exact) mass is 163 g/mol. The maximum Gasteiger partial charge on any atom is 0.162 e. The van der Waals surface area contributed by atoms with Crippen LogP contribution in [0.5, 0.6) is 0 Å². The van der Waals surface area contributed by atoms with Gasteiger partial charge in [0.05, 0.1) is 17.2 Å². The largest absolute Gasteiger partial charge is 0.294 e. The second-order valence-corrected chi connectivity index (χ2v) is 2.36. The Balaban J connectivity index is 3.28. The van der Waals surface area contributed by atoms with E-state index in [9.17, 15) is 9.18 Å². The van der Waals surface area contributed by atoms with E-state index in [0.717, 1.165) is 6.07 Å². The third-order valence-electron chi connectivity index (χ3n) is 1.47. The van der Waals surface area contributed by atoms with E-state index in [0.29, 0.717) is 5.56 Å². The standard InChI is InChI=1S/C9H6FNO/c1-6(12)8-4-7(5-11)2-3-9(8)10/h2-4H,1H3. The van der Waals surface area contributed by atoms with Gasteiger partial charge in [-0.15, -0.1) is 0 Å². The molecule has 0 saturated carbocycles. The maximum absolute atomic E-state index is 12.8. The number of carbonyl (C=O) groups is 1. The number of ketones is 1. The molecule has 0 aliphatic rings. The summed E-state index contributed by atoms with van der Waals surface area (Å²) in [4.78, 5) is 10.8. The first-order valence-corrected chi connectivity index (χ1v) is 3.35. The van der Waals surface area contributed by atoms with Crippen molar-refractivity contribution in [3.8, 4) is 6.07 Å². The molecule has 60 valence electrons. The molecule has 2 nitrogen and oxygen atoms in total. The van der Waals surface area contributed by atoms with Crippen molar-refractivity contribution in [3.63, 3.8) is 0 Å². The van der Waals surface area contributed by atoms with Crippen LogP contribution in [0.1, 0.15) is 22.8 Å². The molecule has 0 N–H and O–H groups in total. The van der Waals surface area contributed by atoms with E-state index in [1.165, 1.54) is 19.1 Å². The van der Waals surface area contributed by atoms with Crippen molar-refractivity contribution in [1.29, 1.82) is 5.26 Å². The molecular weight excluding hydrogens is 157 g/mol. The van der Waals surface area contributed by atoms with Crippen LogP contribution < -0.4 is 0 Å². The first-order chi connectivity index (χ1) is 5.65. The van der Waals surface area contributed by atoms with Crippen LogP contribution in [0.2, 0.25) is 0 Å². The van der Waals surface area contributed by atoms with E-state index in [2.05, 4.69) is 0 Å². The smallest absolute Gasteiger partial charge is 0.162 e. The molecule has 0 aromatic heterocycles. The van der Waals surface area contributed by atoms with Crippen LogP contribution in [0.4, 0.5) is 4.39 Å². The third kappa shape index (κ3) is 1.48. The Morgan fingerprint density at radius 2 is 2.25 bits per heavy atom. The number of carbonyl (C=O) groups excluding carboxylic acids is 1. The Morgan fingerprint density at radius 1 is 1.58 bits per heavy atom. The zero-order valence-corrected chi connectivity index (χ0v) is 6.47. The van der Waals surface area contributed by atoms with Crippen molar-refractivity contribution in [1.82, 2.24) is 0 Å². The molecule has 1 rings (SSSR count). The highest BCUT2D eigenvalue weighted by atomic mass is 19.1. The van der Waals surface area contributed by atoms with Crippen molar-refractivity contribution in [2.24, 2.45) is 0 Å². The van der Waals surface area contributed by atoms with Crippen molar-refractivity contribution in [2.75, 3.05) is 0 Å². The lowest BCUT2D eigenvalue weighted by Gasteiger charge is -1.97. The Kier molecular flexibility index (Phi) is 2.20. The van der Waals surface area contributed by atoms with Gasteiger partial charge in [0.15, 0.2) is 5.78 Å². The lowest BCUT2D eigenvalue weighted by atomic mass is 10.1. The number of hydrogen-bond acceptors (Lipinski definition) is 2. The first-order valence-electron chi connectivity index (χ1n) is 3.35. The average molecular weight is 163 g/mol. The SMILES string of the molecule is CC(=O)c1cc(C#N)ccc1F. The lowest BCUT2D eigenvalue weighted by molar-refractivity contribution is 0.101. The molecule has 0 amide bonds. The molecule has 0 aliphatic carbocycles. The van der Waals surface area contributed by atoms with Crippen LogP contribution >= 0.6 is 0 Å². The van der Waals surface area contributed by atoms with Gasteiger partial charge < -0.3 is 0 Å².